The third-order valence-corrected chi connectivity index (χ3v) is 5.27. The summed E-state index contributed by atoms with van der Waals surface area (Å²) in [4.78, 5) is 0. The molecule has 0 spiro atoms. The summed E-state index contributed by atoms with van der Waals surface area (Å²) >= 11 is 0. The van der Waals surface area contributed by atoms with Crippen LogP contribution >= 0.6 is 0 Å². The fourth-order valence-corrected chi connectivity index (χ4v) is 4.05. The zero-order chi connectivity index (χ0) is 15.3. The smallest absolute Gasteiger partial charge is 0.00320 e. The topological polar surface area (TPSA) is 0 Å². The van der Waals surface area contributed by atoms with Crippen LogP contribution in [0.15, 0.2) is 54.1 Å². The van der Waals surface area contributed by atoms with Gasteiger partial charge in [0, 0.05) is 5.92 Å². The molecule has 0 N–H and O–H groups in total. The van der Waals surface area contributed by atoms with Crippen LogP contribution in [-0.4, -0.2) is 0 Å². The van der Waals surface area contributed by atoms with E-state index in [2.05, 4.69) is 69.3 Å². The predicted octanol–water partition coefficient (Wildman–Crippen LogP) is 6.68. The van der Waals surface area contributed by atoms with Crippen molar-refractivity contribution < 1.29 is 0 Å². The van der Waals surface area contributed by atoms with Gasteiger partial charge in [-0.25, -0.2) is 0 Å². The van der Waals surface area contributed by atoms with Gasteiger partial charge in [-0.3, -0.25) is 0 Å². The van der Waals surface area contributed by atoms with Crippen molar-refractivity contribution in [3.63, 3.8) is 0 Å². The van der Waals surface area contributed by atoms with Crippen LogP contribution in [0.4, 0.5) is 0 Å². The number of fused-ring (bicyclic) bond motifs is 3. The van der Waals surface area contributed by atoms with Crippen molar-refractivity contribution >= 4 is 27.1 Å². The molecule has 0 fully saturated rings. The fraction of sp³-hybridized carbons (Fsp3) is 0.273. The van der Waals surface area contributed by atoms with Gasteiger partial charge in [0.25, 0.3) is 0 Å². The normalized spacial score (nSPS) is 17.5. The zero-order valence-corrected chi connectivity index (χ0v) is 13.6. The van der Waals surface area contributed by atoms with Crippen molar-refractivity contribution in [2.75, 3.05) is 0 Å². The molecule has 1 unspecified atom stereocenters. The number of hydrogen-bond donors (Lipinski definition) is 0. The largest absolute Gasteiger partial charge is 0.0651 e. The van der Waals surface area contributed by atoms with Gasteiger partial charge in [-0.15, -0.1) is 0 Å². The first kappa shape index (κ1) is 13.6. The average Bonchev–Trinajstić information content (AvgIpc) is 2.76. The van der Waals surface area contributed by atoms with Crippen molar-refractivity contribution in [1.82, 2.24) is 0 Å². The Balaban J connectivity index is 1.97. The first-order chi connectivity index (χ1) is 10.7. The minimum absolute atomic E-state index is 0.575. The third kappa shape index (κ3) is 1.90. The number of benzene rings is 3. The maximum atomic E-state index is 2.42. The van der Waals surface area contributed by atoms with E-state index in [1.165, 1.54) is 51.1 Å². The molecule has 0 aromatic heterocycles. The molecule has 0 saturated carbocycles. The van der Waals surface area contributed by atoms with Gasteiger partial charge in [-0.05, 0) is 75.9 Å². The van der Waals surface area contributed by atoms with Crippen LogP contribution in [0.3, 0.4) is 0 Å². The molecular weight excluding hydrogens is 264 g/mol. The molecule has 3 aromatic rings. The van der Waals surface area contributed by atoms with Gasteiger partial charge < -0.3 is 0 Å². The highest BCUT2D eigenvalue weighted by Crippen LogP contribution is 2.45. The quantitative estimate of drug-likeness (QED) is 0.461. The summed E-state index contributed by atoms with van der Waals surface area (Å²) in [6.45, 7) is 6.95. The van der Waals surface area contributed by atoms with Crippen LogP contribution in [0, 0.1) is 0 Å². The minimum Gasteiger partial charge on any atom is -0.0651 e. The second kappa shape index (κ2) is 4.98. The van der Waals surface area contributed by atoms with Crippen molar-refractivity contribution in [2.24, 2.45) is 0 Å². The van der Waals surface area contributed by atoms with Crippen molar-refractivity contribution in [1.29, 1.82) is 0 Å². The molecule has 1 aliphatic rings. The summed E-state index contributed by atoms with van der Waals surface area (Å²) in [7, 11) is 0. The van der Waals surface area contributed by atoms with E-state index in [1.807, 2.05) is 0 Å². The van der Waals surface area contributed by atoms with Crippen molar-refractivity contribution in [3.8, 4) is 0 Å². The molecule has 0 saturated heterocycles. The highest BCUT2D eigenvalue weighted by Gasteiger charge is 2.25. The lowest BCUT2D eigenvalue weighted by atomic mass is 9.93. The van der Waals surface area contributed by atoms with Crippen LogP contribution in [-0.2, 0) is 0 Å². The van der Waals surface area contributed by atoms with Gasteiger partial charge in [0.15, 0.2) is 0 Å². The summed E-state index contributed by atoms with van der Waals surface area (Å²) in [5.41, 5.74) is 6.14. The lowest BCUT2D eigenvalue weighted by molar-refractivity contribution is 0.801. The van der Waals surface area contributed by atoms with E-state index in [0.717, 1.165) is 0 Å². The highest BCUT2D eigenvalue weighted by molar-refractivity contribution is 6.00. The first-order valence-corrected chi connectivity index (χ1v) is 8.35. The standard InChI is InChI=1S/C22H22/c1-4-7-20-14(2)21-12-18-10-16-8-5-6-9-17(16)11-19(18)13-22(21)15(20)3/h5-6,8-14H,4,7H2,1-3H3. The van der Waals surface area contributed by atoms with Crippen LogP contribution in [0.5, 0.6) is 0 Å². The number of allylic oxidation sites excluding steroid dienone is 2. The predicted molar refractivity (Wildman–Crippen MR) is 97.4 cm³/mol. The van der Waals surface area contributed by atoms with Gasteiger partial charge in [-0.2, -0.15) is 0 Å². The van der Waals surface area contributed by atoms with Gasteiger partial charge in [0.2, 0.25) is 0 Å². The second-order valence-corrected chi connectivity index (χ2v) is 6.61. The summed E-state index contributed by atoms with van der Waals surface area (Å²) in [6, 6.07) is 18.2. The van der Waals surface area contributed by atoms with E-state index >= 15 is 0 Å². The first-order valence-electron chi connectivity index (χ1n) is 8.35. The maximum absolute atomic E-state index is 2.42. The molecule has 0 radical (unpaired) electrons. The molecule has 0 heteroatoms. The Kier molecular flexibility index (Phi) is 3.07. The molecule has 0 aliphatic heterocycles. The lowest BCUT2D eigenvalue weighted by Crippen LogP contribution is -1.93. The maximum Gasteiger partial charge on any atom is 0.00320 e. The number of hydrogen-bond acceptors (Lipinski definition) is 0. The van der Waals surface area contributed by atoms with Crippen LogP contribution in [0.25, 0.3) is 27.1 Å². The van der Waals surface area contributed by atoms with Crippen LogP contribution in [0.1, 0.15) is 50.7 Å². The molecule has 0 amide bonds. The highest BCUT2D eigenvalue weighted by atomic mass is 14.3. The van der Waals surface area contributed by atoms with Gasteiger partial charge in [0.1, 0.15) is 0 Å². The Morgan fingerprint density at radius 2 is 1.50 bits per heavy atom. The van der Waals surface area contributed by atoms with Crippen molar-refractivity contribution in [2.45, 2.75) is 39.5 Å². The number of rotatable bonds is 2. The van der Waals surface area contributed by atoms with E-state index in [0.29, 0.717) is 5.92 Å². The minimum atomic E-state index is 0.575. The molecule has 1 atom stereocenters. The molecule has 0 heterocycles. The lowest BCUT2D eigenvalue weighted by Gasteiger charge is -2.11. The summed E-state index contributed by atoms with van der Waals surface area (Å²) in [5, 5.41) is 5.40. The van der Waals surface area contributed by atoms with Gasteiger partial charge in [0.05, 0.1) is 0 Å². The van der Waals surface area contributed by atoms with E-state index in [1.54, 1.807) is 5.57 Å². The molecule has 0 bridgehead atoms. The van der Waals surface area contributed by atoms with E-state index in [4.69, 9.17) is 0 Å². The Morgan fingerprint density at radius 3 is 2.14 bits per heavy atom. The van der Waals surface area contributed by atoms with Gasteiger partial charge in [-0.1, -0.05) is 50.1 Å². The van der Waals surface area contributed by atoms with Crippen LogP contribution < -0.4 is 0 Å². The fourth-order valence-electron chi connectivity index (χ4n) is 4.05. The average molecular weight is 286 g/mol. The Labute approximate surface area is 132 Å². The van der Waals surface area contributed by atoms with Crippen LogP contribution in [0.2, 0.25) is 0 Å². The Morgan fingerprint density at radius 1 is 0.864 bits per heavy atom. The van der Waals surface area contributed by atoms with E-state index in [9.17, 15) is 0 Å². The molecule has 1 aliphatic carbocycles. The molecule has 4 rings (SSSR count). The Bertz CT molecular complexity index is 912. The monoisotopic (exact) mass is 286 g/mol. The Hall–Kier alpha value is -2.08. The van der Waals surface area contributed by atoms with E-state index in [-0.39, 0.29) is 0 Å². The third-order valence-electron chi connectivity index (χ3n) is 5.27. The molecule has 0 nitrogen and oxygen atoms in total. The molecule has 3 aromatic carbocycles. The van der Waals surface area contributed by atoms with Crippen molar-refractivity contribution in [3.05, 3.63) is 65.2 Å². The molecular formula is C22H22. The van der Waals surface area contributed by atoms with E-state index < -0.39 is 0 Å². The summed E-state index contributed by atoms with van der Waals surface area (Å²) in [5.74, 6) is 0.575. The molecule has 22 heavy (non-hydrogen) atoms. The summed E-state index contributed by atoms with van der Waals surface area (Å²) < 4.78 is 0. The zero-order valence-electron chi connectivity index (χ0n) is 13.6. The second-order valence-electron chi connectivity index (χ2n) is 6.61. The van der Waals surface area contributed by atoms with Gasteiger partial charge >= 0.3 is 0 Å². The summed E-state index contributed by atoms with van der Waals surface area (Å²) in [6.07, 6.45) is 2.45. The molecule has 110 valence electrons. The SMILES string of the molecule is CCCC1=C(C)c2cc3cc4ccccc4cc3cc2C1C.